The van der Waals surface area contributed by atoms with Crippen molar-refractivity contribution >= 4 is 0 Å². The summed E-state index contributed by atoms with van der Waals surface area (Å²) in [6, 6.07) is 1.73. The maximum atomic E-state index is 12.7. The number of halogens is 6. The molecule has 0 aromatic heterocycles. The molecule has 0 aliphatic rings. The molecule has 0 amide bonds. The Labute approximate surface area is 107 Å². The summed E-state index contributed by atoms with van der Waals surface area (Å²) in [5.74, 6) is 0. The van der Waals surface area contributed by atoms with Gasteiger partial charge in [-0.3, -0.25) is 0 Å². The monoisotopic (exact) mass is 284 g/mol. The Morgan fingerprint density at radius 3 is 1.32 bits per heavy atom. The molecule has 0 aliphatic carbocycles. The summed E-state index contributed by atoms with van der Waals surface area (Å²) >= 11 is 0. The standard InChI is InChI=1S/C13H14F6/c1-4-11(2,3)8-5-9(12(14,15)16)7-10(6-8)13(17,18)19/h5-7H,4H2,1-3H3. The van der Waals surface area contributed by atoms with Crippen LogP contribution >= 0.6 is 0 Å². The molecule has 0 fully saturated rings. The Kier molecular flexibility index (Phi) is 3.94. The number of alkyl halides is 6. The van der Waals surface area contributed by atoms with Gasteiger partial charge in [0.2, 0.25) is 0 Å². The highest BCUT2D eigenvalue weighted by atomic mass is 19.4. The van der Waals surface area contributed by atoms with Gasteiger partial charge in [-0.05, 0) is 35.6 Å². The molecule has 0 saturated heterocycles. The molecule has 0 unspecified atom stereocenters. The lowest BCUT2D eigenvalue weighted by atomic mass is 9.80. The zero-order valence-corrected chi connectivity index (χ0v) is 10.7. The van der Waals surface area contributed by atoms with Crippen molar-refractivity contribution in [3.63, 3.8) is 0 Å². The van der Waals surface area contributed by atoms with Gasteiger partial charge in [-0.1, -0.05) is 20.8 Å². The lowest BCUT2D eigenvalue weighted by molar-refractivity contribution is -0.143. The van der Waals surface area contributed by atoms with Crippen LogP contribution < -0.4 is 0 Å². The van der Waals surface area contributed by atoms with E-state index in [4.69, 9.17) is 0 Å². The SMILES string of the molecule is CCC(C)(C)c1cc(C(F)(F)F)cc(C(F)(F)F)c1. The Hall–Kier alpha value is -1.20. The second-order valence-electron chi connectivity index (χ2n) is 5.03. The Bertz CT molecular complexity index is 421. The van der Waals surface area contributed by atoms with Crippen LogP contribution in [0.5, 0.6) is 0 Å². The summed E-state index contributed by atoms with van der Waals surface area (Å²) in [6.07, 6.45) is -9.15. The van der Waals surface area contributed by atoms with Gasteiger partial charge < -0.3 is 0 Å². The zero-order valence-electron chi connectivity index (χ0n) is 10.7. The summed E-state index contributed by atoms with van der Waals surface area (Å²) < 4.78 is 76.0. The lowest BCUT2D eigenvalue weighted by Gasteiger charge is -2.25. The maximum Gasteiger partial charge on any atom is 0.416 e. The van der Waals surface area contributed by atoms with E-state index in [2.05, 4.69) is 0 Å². The largest absolute Gasteiger partial charge is 0.416 e. The average Bonchev–Trinajstić information content (AvgIpc) is 2.26. The Balaban J connectivity index is 3.51. The first-order valence-corrected chi connectivity index (χ1v) is 5.68. The Morgan fingerprint density at radius 2 is 1.05 bits per heavy atom. The zero-order chi connectivity index (χ0) is 15.1. The van der Waals surface area contributed by atoms with Gasteiger partial charge in [0.15, 0.2) is 0 Å². The van der Waals surface area contributed by atoms with Crippen LogP contribution in [0.15, 0.2) is 18.2 Å². The molecule has 1 aromatic carbocycles. The van der Waals surface area contributed by atoms with E-state index in [1.54, 1.807) is 20.8 Å². The maximum absolute atomic E-state index is 12.7. The second-order valence-corrected chi connectivity index (χ2v) is 5.03. The van der Waals surface area contributed by atoms with E-state index < -0.39 is 28.9 Å². The van der Waals surface area contributed by atoms with Gasteiger partial charge in [-0.15, -0.1) is 0 Å². The Morgan fingerprint density at radius 1 is 0.737 bits per heavy atom. The number of hydrogen-bond acceptors (Lipinski definition) is 0. The van der Waals surface area contributed by atoms with E-state index >= 15 is 0 Å². The van der Waals surface area contributed by atoms with E-state index in [1.807, 2.05) is 0 Å². The topological polar surface area (TPSA) is 0 Å². The van der Waals surface area contributed by atoms with Crippen molar-refractivity contribution in [3.05, 3.63) is 34.9 Å². The third kappa shape index (κ3) is 3.64. The lowest BCUT2D eigenvalue weighted by Crippen LogP contribution is -2.19. The van der Waals surface area contributed by atoms with Crippen LogP contribution in [-0.4, -0.2) is 0 Å². The smallest absolute Gasteiger partial charge is 0.166 e. The molecule has 0 spiro atoms. The van der Waals surface area contributed by atoms with E-state index in [0.29, 0.717) is 6.42 Å². The first-order chi connectivity index (χ1) is 8.38. The molecule has 0 radical (unpaired) electrons. The third-order valence-corrected chi connectivity index (χ3v) is 3.25. The average molecular weight is 284 g/mol. The molecule has 0 aliphatic heterocycles. The van der Waals surface area contributed by atoms with Crippen LogP contribution in [0.25, 0.3) is 0 Å². The summed E-state index contributed by atoms with van der Waals surface area (Å²) in [5, 5.41) is 0. The molecule has 0 saturated carbocycles. The molecular weight excluding hydrogens is 270 g/mol. The molecular formula is C13H14F6. The van der Waals surface area contributed by atoms with E-state index in [-0.39, 0.29) is 11.6 Å². The van der Waals surface area contributed by atoms with Gasteiger partial charge >= 0.3 is 12.4 Å². The van der Waals surface area contributed by atoms with Crippen molar-refractivity contribution in [2.45, 2.75) is 45.0 Å². The molecule has 0 atom stereocenters. The van der Waals surface area contributed by atoms with Crippen molar-refractivity contribution in [1.29, 1.82) is 0 Å². The predicted molar refractivity (Wildman–Crippen MR) is 59.8 cm³/mol. The summed E-state index contributed by atoms with van der Waals surface area (Å²) in [4.78, 5) is 0. The molecule has 0 nitrogen and oxygen atoms in total. The molecule has 0 N–H and O–H groups in total. The normalized spacial score (nSPS) is 13.7. The quantitative estimate of drug-likeness (QED) is 0.637. The van der Waals surface area contributed by atoms with Crippen LogP contribution in [0.1, 0.15) is 43.9 Å². The number of hydrogen-bond donors (Lipinski definition) is 0. The fourth-order valence-corrected chi connectivity index (χ4v) is 1.55. The van der Waals surface area contributed by atoms with Gasteiger partial charge in [0, 0.05) is 0 Å². The van der Waals surface area contributed by atoms with E-state index in [0.717, 1.165) is 12.1 Å². The molecule has 19 heavy (non-hydrogen) atoms. The first kappa shape index (κ1) is 15.9. The molecule has 1 aromatic rings. The van der Waals surface area contributed by atoms with Gasteiger partial charge in [0.05, 0.1) is 11.1 Å². The highest BCUT2D eigenvalue weighted by Gasteiger charge is 2.38. The fraction of sp³-hybridized carbons (Fsp3) is 0.538. The third-order valence-electron chi connectivity index (χ3n) is 3.25. The van der Waals surface area contributed by atoms with Gasteiger partial charge in [0.25, 0.3) is 0 Å². The fourth-order valence-electron chi connectivity index (χ4n) is 1.55. The van der Waals surface area contributed by atoms with Crippen molar-refractivity contribution in [2.75, 3.05) is 0 Å². The van der Waals surface area contributed by atoms with Crippen LogP contribution in [0, 0.1) is 0 Å². The van der Waals surface area contributed by atoms with E-state index in [9.17, 15) is 26.3 Å². The predicted octanol–water partition coefficient (Wildman–Crippen LogP) is 5.41. The van der Waals surface area contributed by atoms with Gasteiger partial charge in [-0.2, -0.15) is 26.3 Å². The highest BCUT2D eigenvalue weighted by molar-refractivity contribution is 5.37. The molecule has 0 heterocycles. The molecule has 6 heteroatoms. The molecule has 108 valence electrons. The summed E-state index contributed by atoms with van der Waals surface area (Å²) in [7, 11) is 0. The van der Waals surface area contributed by atoms with Crippen LogP contribution in [0.4, 0.5) is 26.3 Å². The van der Waals surface area contributed by atoms with Crippen molar-refractivity contribution < 1.29 is 26.3 Å². The summed E-state index contributed by atoms with van der Waals surface area (Å²) in [6.45, 7) is 4.94. The van der Waals surface area contributed by atoms with E-state index in [1.165, 1.54) is 0 Å². The minimum atomic E-state index is -4.79. The van der Waals surface area contributed by atoms with Crippen LogP contribution in [0.3, 0.4) is 0 Å². The van der Waals surface area contributed by atoms with Gasteiger partial charge in [-0.25, -0.2) is 0 Å². The van der Waals surface area contributed by atoms with Crippen molar-refractivity contribution in [3.8, 4) is 0 Å². The minimum Gasteiger partial charge on any atom is -0.166 e. The second kappa shape index (κ2) is 4.72. The highest BCUT2D eigenvalue weighted by Crippen LogP contribution is 2.39. The van der Waals surface area contributed by atoms with Crippen LogP contribution in [0.2, 0.25) is 0 Å². The van der Waals surface area contributed by atoms with Crippen molar-refractivity contribution in [1.82, 2.24) is 0 Å². The van der Waals surface area contributed by atoms with Gasteiger partial charge in [0.1, 0.15) is 0 Å². The number of benzene rings is 1. The minimum absolute atomic E-state index is 0.0390. The number of rotatable bonds is 2. The summed E-state index contributed by atoms with van der Waals surface area (Å²) in [5.41, 5.74) is -3.24. The van der Waals surface area contributed by atoms with Crippen LogP contribution in [-0.2, 0) is 17.8 Å². The van der Waals surface area contributed by atoms with Crippen molar-refractivity contribution in [2.24, 2.45) is 0 Å². The first-order valence-electron chi connectivity index (χ1n) is 5.68. The molecule has 0 bridgehead atoms. The molecule has 1 rings (SSSR count).